The second-order valence-electron chi connectivity index (χ2n) is 14.1. The summed E-state index contributed by atoms with van der Waals surface area (Å²) < 4.78 is 9.20. The average Bonchev–Trinajstić information content (AvgIpc) is 3.79. The highest BCUT2D eigenvalue weighted by molar-refractivity contribution is 6.14. The molecule has 9 aromatic carbocycles. The van der Waals surface area contributed by atoms with Gasteiger partial charge in [0.15, 0.2) is 0 Å². The van der Waals surface area contributed by atoms with Crippen molar-refractivity contribution in [3.63, 3.8) is 0 Å². The van der Waals surface area contributed by atoms with Crippen molar-refractivity contribution in [1.82, 2.24) is 4.57 Å². The third-order valence-corrected chi connectivity index (χ3v) is 11.0. The fourth-order valence-electron chi connectivity index (χ4n) is 8.50. The standard InChI is InChI=1S/C52H34N2O/c1-2-16-35(17-3-1)40-22-6-10-28-47(40)53(38-20-14-21-39(34-38)54-48-29-11-7-23-41(48)42-24-8-12-30-49(42)54)50-31-13-9-25-43(50)44-26-15-27-45-46-32-36-18-4-5-19-37(36)33-51(46)55-52(44)45/h1-34H. The molecule has 0 bridgehead atoms. The van der Waals surface area contributed by atoms with E-state index in [0.717, 1.165) is 66.9 Å². The molecule has 0 N–H and O–H groups in total. The second kappa shape index (κ2) is 12.6. The van der Waals surface area contributed by atoms with Crippen molar-refractivity contribution >= 4 is 71.6 Å². The van der Waals surface area contributed by atoms with Crippen LogP contribution in [0.4, 0.5) is 17.1 Å². The van der Waals surface area contributed by atoms with Gasteiger partial charge in [-0.15, -0.1) is 0 Å². The summed E-state index contributed by atoms with van der Waals surface area (Å²) in [6.45, 7) is 0. The Bertz CT molecular complexity index is 3170. The topological polar surface area (TPSA) is 21.3 Å². The Morgan fingerprint density at radius 1 is 0.382 bits per heavy atom. The van der Waals surface area contributed by atoms with E-state index in [4.69, 9.17) is 4.42 Å². The quantitative estimate of drug-likeness (QED) is 0.172. The van der Waals surface area contributed by atoms with Crippen LogP contribution in [0.25, 0.3) is 82.5 Å². The third kappa shape index (κ3) is 5.05. The van der Waals surface area contributed by atoms with Crippen LogP contribution in [0.3, 0.4) is 0 Å². The van der Waals surface area contributed by atoms with Gasteiger partial charge in [0.2, 0.25) is 0 Å². The molecule has 0 radical (unpaired) electrons. The van der Waals surface area contributed by atoms with E-state index in [1.54, 1.807) is 0 Å². The lowest BCUT2D eigenvalue weighted by Gasteiger charge is -2.30. The lowest BCUT2D eigenvalue weighted by molar-refractivity contribution is 0.670. The molecule has 0 aliphatic rings. The Labute approximate surface area is 318 Å². The summed E-state index contributed by atoms with van der Waals surface area (Å²) >= 11 is 0. The number of hydrogen-bond acceptors (Lipinski definition) is 2. The number of benzene rings is 9. The number of nitrogens with zero attached hydrogens (tertiary/aromatic N) is 2. The lowest BCUT2D eigenvalue weighted by atomic mass is 9.97. The zero-order valence-electron chi connectivity index (χ0n) is 29.9. The van der Waals surface area contributed by atoms with Gasteiger partial charge in [-0.1, -0.05) is 152 Å². The third-order valence-electron chi connectivity index (χ3n) is 11.0. The number of hydrogen-bond donors (Lipinski definition) is 0. The Morgan fingerprint density at radius 2 is 0.945 bits per heavy atom. The first-order chi connectivity index (χ1) is 27.3. The van der Waals surface area contributed by atoms with E-state index in [1.165, 1.54) is 32.6 Å². The van der Waals surface area contributed by atoms with Gasteiger partial charge in [-0.25, -0.2) is 0 Å². The summed E-state index contributed by atoms with van der Waals surface area (Å²) in [5, 5.41) is 7.09. The molecule has 11 aromatic rings. The summed E-state index contributed by atoms with van der Waals surface area (Å²) in [6.07, 6.45) is 0. The van der Waals surface area contributed by atoms with Gasteiger partial charge in [-0.2, -0.15) is 0 Å². The van der Waals surface area contributed by atoms with Crippen molar-refractivity contribution in [2.45, 2.75) is 0 Å². The molecule has 0 unspecified atom stereocenters. The molecule has 0 atom stereocenters. The molecule has 0 spiro atoms. The van der Waals surface area contributed by atoms with Crippen molar-refractivity contribution in [2.24, 2.45) is 0 Å². The molecule has 0 fully saturated rings. The van der Waals surface area contributed by atoms with Gasteiger partial charge in [-0.3, -0.25) is 0 Å². The summed E-state index contributed by atoms with van der Waals surface area (Å²) in [6, 6.07) is 73.9. The average molecular weight is 703 g/mol. The highest BCUT2D eigenvalue weighted by Gasteiger charge is 2.23. The molecule has 0 aliphatic carbocycles. The summed E-state index contributed by atoms with van der Waals surface area (Å²) in [7, 11) is 0. The molecule has 0 aliphatic heterocycles. The first-order valence-electron chi connectivity index (χ1n) is 18.8. The fraction of sp³-hybridized carbons (Fsp3) is 0. The minimum absolute atomic E-state index is 0.885. The molecule has 258 valence electrons. The van der Waals surface area contributed by atoms with Crippen molar-refractivity contribution in [3.8, 4) is 27.9 Å². The SMILES string of the molecule is c1ccc(-c2ccccc2N(c2cccc(-n3c4ccccc4c4ccccc43)c2)c2ccccc2-c2cccc3c2oc2cc4ccccc4cc23)cc1. The number of aromatic nitrogens is 1. The maximum Gasteiger partial charge on any atom is 0.143 e. The van der Waals surface area contributed by atoms with Crippen LogP contribution < -0.4 is 4.90 Å². The molecule has 2 heterocycles. The summed E-state index contributed by atoms with van der Waals surface area (Å²) in [5.74, 6) is 0. The van der Waals surface area contributed by atoms with Gasteiger partial charge < -0.3 is 13.9 Å². The first-order valence-corrected chi connectivity index (χ1v) is 18.8. The van der Waals surface area contributed by atoms with E-state index in [9.17, 15) is 0 Å². The van der Waals surface area contributed by atoms with Gasteiger partial charge >= 0.3 is 0 Å². The van der Waals surface area contributed by atoms with E-state index >= 15 is 0 Å². The minimum Gasteiger partial charge on any atom is -0.455 e. The highest BCUT2D eigenvalue weighted by atomic mass is 16.3. The van der Waals surface area contributed by atoms with Crippen LogP contribution in [-0.4, -0.2) is 4.57 Å². The molecule has 2 aromatic heterocycles. The Kier molecular flexibility index (Phi) is 7.17. The molecule has 3 nitrogen and oxygen atoms in total. The molecule has 0 saturated carbocycles. The first kappa shape index (κ1) is 31.2. The van der Waals surface area contributed by atoms with Crippen LogP contribution in [0.2, 0.25) is 0 Å². The maximum absolute atomic E-state index is 6.81. The van der Waals surface area contributed by atoms with E-state index < -0.39 is 0 Å². The van der Waals surface area contributed by atoms with E-state index in [1.807, 2.05) is 0 Å². The largest absolute Gasteiger partial charge is 0.455 e. The molecule has 55 heavy (non-hydrogen) atoms. The second-order valence-corrected chi connectivity index (χ2v) is 14.1. The van der Waals surface area contributed by atoms with Crippen molar-refractivity contribution < 1.29 is 4.42 Å². The summed E-state index contributed by atoms with van der Waals surface area (Å²) in [5.41, 5.74) is 12.9. The van der Waals surface area contributed by atoms with Crippen molar-refractivity contribution in [3.05, 3.63) is 206 Å². The van der Waals surface area contributed by atoms with E-state index in [0.29, 0.717) is 0 Å². The number of rotatable bonds is 6. The lowest BCUT2D eigenvalue weighted by Crippen LogP contribution is -2.13. The zero-order chi connectivity index (χ0) is 36.3. The predicted octanol–water partition coefficient (Wildman–Crippen LogP) is 14.6. The zero-order valence-corrected chi connectivity index (χ0v) is 29.9. The predicted molar refractivity (Wildman–Crippen MR) is 231 cm³/mol. The van der Waals surface area contributed by atoms with Crippen LogP contribution in [0, 0.1) is 0 Å². The molecule has 0 amide bonds. The smallest absolute Gasteiger partial charge is 0.143 e. The van der Waals surface area contributed by atoms with E-state index in [-0.39, 0.29) is 0 Å². The van der Waals surface area contributed by atoms with Crippen molar-refractivity contribution in [1.29, 1.82) is 0 Å². The van der Waals surface area contributed by atoms with Crippen LogP contribution in [0.5, 0.6) is 0 Å². The van der Waals surface area contributed by atoms with E-state index in [2.05, 4.69) is 216 Å². The normalized spacial score (nSPS) is 11.6. The van der Waals surface area contributed by atoms with Gasteiger partial charge in [0, 0.05) is 49.6 Å². The summed E-state index contributed by atoms with van der Waals surface area (Å²) in [4.78, 5) is 2.42. The maximum atomic E-state index is 6.81. The van der Waals surface area contributed by atoms with Gasteiger partial charge in [0.25, 0.3) is 0 Å². The molecular weight excluding hydrogens is 669 g/mol. The number of furan rings is 1. The van der Waals surface area contributed by atoms with Gasteiger partial charge in [0.1, 0.15) is 11.2 Å². The Morgan fingerprint density at radius 3 is 1.71 bits per heavy atom. The van der Waals surface area contributed by atoms with Crippen LogP contribution in [-0.2, 0) is 0 Å². The van der Waals surface area contributed by atoms with Gasteiger partial charge in [0.05, 0.1) is 22.4 Å². The number of anilines is 3. The fourth-order valence-corrected chi connectivity index (χ4v) is 8.50. The minimum atomic E-state index is 0.885. The highest BCUT2D eigenvalue weighted by Crippen LogP contribution is 2.47. The molecular formula is C52H34N2O. The van der Waals surface area contributed by atoms with Crippen LogP contribution in [0.1, 0.15) is 0 Å². The molecule has 11 rings (SSSR count). The van der Waals surface area contributed by atoms with Gasteiger partial charge in [-0.05, 0) is 70.9 Å². The Balaban J connectivity index is 1.17. The number of para-hydroxylation sites is 5. The van der Waals surface area contributed by atoms with Crippen LogP contribution >= 0.6 is 0 Å². The van der Waals surface area contributed by atoms with Crippen molar-refractivity contribution in [2.75, 3.05) is 4.90 Å². The molecule has 0 saturated heterocycles. The Hall–Kier alpha value is -7.36. The number of fused-ring (bicyclic) bond motifs is 7. The monoisotopic (exact) mass is 702 g/mol. The van der Waals surface area contributed by atoms with Crippen LogP contribution in [0.15, 0.2) is 211 Å². The molecule has 3 heteroatoms.